The summed E-state index contributed by atoms with van der Waals surface area (Å²) in [6.07, 6.45) is 2.87. The van der Waals surface area contributed by atoms with Crippen molar-refractivity contribution in [3.63, 3.8) is 0 Å². The molecule has 0 spiro atoms. The van der Waals surface area contributed by atoms with Gasteiger partial charge in [-0.1, -0.05) is 6.20 Å². The van der Waals surface area contributed by atoms with E-state index in [9.17, 15) is 4.79 Å². The predicted octanol–water partition coefficient (Wildman–Crippen LogP) is 0.814. The van der Waals surface area contributed by atoms with Crippen LogP contribution < -0.4 is 0 Å². The van der Waals surface area contributed by atoms with Gasteiger partial charge in [0.05, 0.1) is 0 Å². The molecule has 3 nitrogen and oxygen atoms in total. The number of carboxylic acid groups (broad SMARTS) is 1. The van der Waals surface area contributed by atoms with Gasteiger partial charge in [-0.05, 0) is 0 Å². The predicted molar refractivity (Wildman–Crippen MR) is 26.7 cm³/mol. The molecule has 42 valence electrons. The van der Waals surface area contributed by atoms with Crippen LogP contribution in [0.25, 0.3) is 0 Å². The molecule has 0 aromatic carbocycles. The van der Waals surface area contributed by atoms with E-state index in [2.05, 4.69) is 6.20 Å². The van der Waals surface area contributed by atoms with Crippen molar-refractivity contribution in [2.45, 2.75) is 0 Å². The van der Waals surface area contributed by atoms with E-state index in [-0.39, 0.29) is 0 Å². The van der Waals surface area contributed by atoms with Crippen LogP contribution in [0.4, 0.5) is 4.79 Å². The van der Waals surface area contributed by atoms with Crippen LogP contribution in [-0.2, 0) is 0 Å². The Hall–Kier alpha value is -1.25. The summed E-state index contributed by atoms with van der Waals surface area (Å²) < 4.78 is 0.958. The summed E-state index contributed by atoms with van der Waals surface area (Å²) in [4.78, 5) is 9.99. The third kappa shape index (κ3) is 0.703. The number of aromatic nitrogens is 1. The second-order valence-electron chi connectivity index (χ2n) is 1.29. The molecule has 0 aliphatic carbocycles. The van der Waals surface area contributed by atoms with E-state index >= 15 is 0 Å². The first-order valence-corrected chi connectivity index (χ1v) is 2.09. The van der Waals surface area contributed by atoms with Crippen molar-refractivity contribution < 1.29 is 9.90 Å². The first-order chi connectivity index (χ1) is 3.80. The van der Waals surface area contributed by atoms with Crippen LogP contribution >= 0.6 is 0 Å². The summed E-state index contributed by atoms with van der Waals surface area (Å²) in [7, 11) is 0. The minimum Gasteiger partial charge on any atom is -0.508 e. The van der Waals surface area contributed by atoms with Crippen LogP contribution in [0.3, 0.4) is 0 Å². The normalized spacial score (nSPS) is 9.00. The van der Waals surface area contributed by atoms with E-state index in [0.717, 1.165) is 4.57 Å². The Balaban J connectivity index is 2.93. The fraction of sp³-hybridized carbons (Fsp3) is 0. The Morgan fingerprint density at radius 1 is 1.75 bits per heavy atom. The van der Waals surface area contributed by atoms with Crippen LogP contribution in [-0.4, -0.2) is 15.8 Å². The summed E-state index contributed by atoms with van der Waals surface area (Å²) in [5, 5.41) is 8.21. The monoisotopic (exact) mass is 110 g/mol. The summed E-state index contributed by atoms with van der Waals surface area (Å²) >= 11 is 0. The lowest BCUT2D eigenvalue weighted by Crippen LogP contribution is -2.03. The van der Waals surface area contributed by atoms with Crippen LogP contribution in [0.1, 0.15) is 0 Å². The Labute approximate surface area is 46.2 Å². The third-order valence-corrected chi connectivity index (χ3v) is 0.751. The molecule has 0 saturated heterocycles. The molecule has 0 atom stereocenters. The van der Waals surface area contributed by atoms with Crippen LogP contribution in [0.2, 0.25) is 0 Å². The smallest absolute Gasteiger partial charge is 0.327 e. The highest BCUT2D eigenvalue weighted by Crippen LogP contribution is 1.85. The van der Waals surface area contributed by atoms with Gasteiger partial charge >= 0.3 is 6.09 Å². The number of rotatable bonds is 0. The van der Waals surface area contributed by atoms with Crippen molar-refractivity contribution in [2.24, 2.45) is 0 Å². The molecule has 1 rings (SSSR count). The molecule has 0 aliphatic heterocycles. The number of carbonyl (C=O) groups is 1. The zero-order valence-corrected chi connectivity index (χ0v) is 4.03. The van der Waals surface area contributed by atoms with Gasteiger partial charge in [0.1, 0.15) is 0 Å². The topological polar surface area (TPSA) is 42.2 Å². The third-order valence-electron chi connectivity index (χ3n) is 0.751. The van der Waals surface area contributed by atoms with Gasteiger partial charge in [0.2, 0.25) is 0 Å². The van der Waals surface area contributed by atoms with Crippen molar-refractivity contribution in [3.8, 4) is 0 Å². The molecule has 1 aromatic heterocycles. The molecular formula is C5H4NO2-. The molecule has 1 aromatic rings. The summed E-state index contributed by atoms with van der Waals surface area (Å²) in [6.45, 7) is 0. The molecule has 0 bridgehead atoms. The van der Waals surface area contributed by atoms with E-state index in [1.54, 1.807) is 6.07 Å². The van der Waals surface area contributed by atoms with Crippen molar-refractivity contribution >= 4 is 6.09 Å². The van der Waals surface area contributed by atoms with Crippen LogP contribution in [0.5, 0.6) is 0 Å². The molecule has 1 N–H and O–H groups in total. The molecule has 0 fully saturated rings. The second-order valence-corrected chi connectivity index (χ2v) is 1.29. The maximum Gasteiger partial charge on any atom is 0.327 e. The first kappa shape index (κ1) is 4.90. The lowest BCUT2D eigenvalue weighted by Gasteiger charge is -1.97. The van der Waals surface area contributed by atoms with Gasteiger partial charge in [-0.15, -0.1) is 12.3 Å². The largest absolute Gasteiger partial charge is 0.508 e. The van der Waals surface area contributed by atoms with E-state index in [1.807, 2.05) is 0 Å². The molecule has 0 unspecified atom stereocenters. The fourth-order valence-corrected chi connectivity index (χ4v) is 0.414. The zero-order chi connectivity index (χ0) is 5.98. The lowest BCUT2D eigenvalue weighted by atomic mass is 10.7. The number of hydrogen-bond donors (Lipinski definition) is 1. The van der Waals surface area contributed by atoms with E-state index in [1.165, 1.54) is 12.3 Å². The minimum absolute atomic E-state index is 0.958. The van der Waals surface area contributed by atoms with Gasteiger partial charge in [0, 0.05) is 0 Å². The van der Waals surface area contributed by atoms with Crippen LogP contribution in [0.15, 0.2) is 18.3 Å². The molecule has 1 heterocycles. The summed E-state index contributed by atoms with van der Waals surface area (Å²) in [6, 6.07) is 3.14. The van der Waals surface area contributed by atoms with Gasteiger partial charge in [-0.3, -0.25) is 4.79 Å². The molecule has 8 heavy (non-hydrogen) atoms. The standard InChI is InChI=1S/C5H4NO2/c7-5(8)6-3-1-2-4-6/h1-3H,(H,7,8)/q-1. The Bertz CT molecular complexity index is 178. The SMILES string of the molecule is O=C(O)n1[c-]ccc1. The molecule has 0 aliphatic rings. The molecular weight excluding hydrogens is 106 g/mol. The van der Waals surface area contributed by atoms with E-state index in [4.69, 9.17) is 5.11 Å². The second kappa shape index (κ2) is 1.69. The highest BCUT2D eigenvalue weighted by Gasteiger charge is 1.83. The quantitative estimate of drug-likeness (QED) is 0.502. The van der Waals surface area contributed by atoms with Gasteiger partial charge in [0.15, 0.2) is 0 Å². The van der Waals surface area contributed by atoms with Gasteiger partial charge in [0.25, 0.3) is 0 Å². The van der Waals surface area contributed by atoms with Crippen molar-refractivity contribution in [3.05, 3.63) is 24.5 Å². The summed E-state index contributed by atoms with van der Waals surface area (Å²) in [5.41, 5.74) is 0. The van der Waals surface area contributed by atoms with E-state index in [0.29, 0.717) is 0 Å². The van der Waals surface area contributed by atoms with Crippen molar-refractivity contribution in [1.29, 1.82) is 0 Å². The van der Waals surface area contributed by atoms with Crippen molar-refractivity contribution in [1.82, 2.24) is 4.57 Å². The summed E-state index contributed by atoms with van der Waals surface area (Å²) in [5.74, 6) is 0. The Morgan fingerprint density at radius 2 is 2.50 bits per heavy atom. The van der Waals surface area contributed by atoms with Gasteiger partial charge in [-0.2, -0.15) is 6.07 Å². The molecule has 0 radical (unpaired) electrons. The maximum atomic E-state index is 9.99. The Kier molecular flexibility index (Phi) is 1.04. The highest BCUT2D eigenvalue weighted by molar-refractivity contribution is 5.67. The van der Waals surface area contributed by atoms with Gasteiger partial charge < -0.3 is 9.67 Å². The van der Waals surface area contributed by atoms with Gasteiger partial charge in [-0.25, -0.2) is 0 Å². The minimum atomic E-state index is -1.00. The number of nitrogens with zero attached hydrogens (tertiary/aromatic N) is 1. The maximum absolute atomic E-state index is 9.99. The first-order valence-electron chi connectivity index (χ1n) is 2.09. The van der Waals surface area contributed by atoms with Crippen molar-refractivity contribution in [2.75, 3.05) is 0 Å². The zero-order valence-electron chi connectivity index (χ0n) is 4.03. The average molecular weight is 110 g/mol. The molecule has 0 saturated carbocycles. The highest BCUT2D eigenvalue weighted by atomic mass is 16.4. The fourth-order valence-electron chi connectivity index (χ4n) is 0.414. The number of hydrogen-bond acceptors (Lipinski definition) is 1. The lowest BCUT2D eigenvalue weighted by molar-refractivity contribution is 0.196. The average Bonchev–Trinajstić information content (AvgIpc) is 2.12. The Morgan fingerprint density at radius 3 is 2.75 bits per heavy atom. The van der Waals surface area contributed by atoms with Crippen LogP contribution in [0, 0.1) is 6.20 Å². The molecule has 0 amide bonds. The van der Waals surface area contributed by atoms with E-state index < -0.39 is 6.09 Å². The molecule has 3 heteroatoms.